The zero-order valence-corrected chi connectivity index (χ0v) is 14.6. The maximum Gasteiger partial charge on any atom is 0.335 e. The van der Waals surface area contributed by atoms with Gasteiger partial charge in [0.2, 0.25) is 0 Å². The lowest BCUT2D eigenvalue weighted by Gasteiger charge is -2.20. The second-order valence-corrected chi connectivity index (χ2v) is 6.28. The maximum absolute atomic E-state index is 12.3. The smallest absolute Gasteiger partial charge is 0.335 e. The van der Waals surface area contributed by atoms with Crippen LogP contribution >= 0.6 is 23.2 Å². The SMILES string of the molecule is O=C(O)c1cc(/C=C/C(=O)c2cc(Cl)cc(Cl)c2[O-])c2c(c1)COCO2. The first kappa shape index (κ1) is 18.3. The summed E-state index contributed by atoms with van der Waals surface area (Å²) in [7, 11) is 0. The van der Waals surface area contributed by atoms with Gasteiger partial charge >= 0.3 is 5.97 Å². The van der Waals surface area contributed by atoms with Crippen LogP contribution in [-0.2, 0) is 11.3 Å². The van der Waals surface area contributed by atoms with E-state index in [0.29, 0.717) is 16.9 Å². The van der Waals surface area contributed by atoms with Gasteiger partial charge in [-0.05, 0) is 36.4 Å². The lowest BCUT2D eigenvalue weighted by molar-refractivity contribution is -0.268. The van der Waals surface area contributed by atoms with Gasteiger partial charge in [-0.1, -0.05) is 29.0 Å². The summed E-state index contributed by atoms with van der Waals surface area (Å²) in [4.78, 5) is 23.6. The number of fused-ring (bicyclic) bond motifs is 1. The Bertz CT molecular complexity index is 936. The molecule has 0 bridgehead atoms. The van der Waals surface area contributed by atoms with Gasteiger partial charge in [-0.25, -0.2) is 4.79 Å². The Labute approximate surface area is 158 Å². The van der Waals surface area contributed by atoms with Crippen LogP contribution in [0, 0.1) is 0 Å². The molecule has 0 fully saturated rings. The minimum absolute atomic E-state index is 0.0167. The molecule has 2 aromatic carbocycles. The normalized spacial score (nSPS) is 13.3. The van der Waals surface area contributed by atoms with E-state index in [1.54, 1.807) is 0 Å². The van der Waals surface area contributed by atoms with E-state index in [2.05, 4.69) is 0 Å². The van der Waals surface area contributed by atoms with E-state index in [9.17, 15) is 19.8 Å². The van der Waals surface area contributed by atoms with Gasteiger partial charge in [0.05, 0.1) is 12.2 Å². The van der Waals surface area contributed by atoms with Crippen LogP contribution < -0.4 is 9.84 Å². The lowest BCUT2D eigenvalue weighted by Crippen LogP contribution is -2.13. The fraction of sp³-hybridized carbons (Fsp3) is 0.111. The molecule has 3 rings (SSSR count). The third kappa shape index (κ3) is 3.67. The van der Waals surface area contributed by atoms with Crippen LogP contribution in [0.2, 0.25) is 10.0 Å². The van der Waals surface area contributed by atoms with Crippen LogP contribution in [0.1, 0.15) is 31.8 Å². The van der Waals surface area contributed by atoms with Gasteiger partial charge in [-0.2, -0.15) is 0 Å². The first-order chi connectivity index (χ1) is 12.4. The van der Waals surface area contributed by atoms with Gasteiger partial charge in [0.15, 0.2) is 12.6 Å². The molecule has 1 heterocycles. The summed E-state index contributed by atoms with van der Waals surface area (Å²) in [5.74, 6) is -1.93. The summed E-state index contributed by atoms with van der Waals surface area (Å²) in [5, 5.41) is 21.2. The van der Waals surface area contributed by atoms with Crippen LogP contribution in [0.25, 0.3) is 6.08 Å². The molecule has 0 unspecified atom stereocenters. The molecule has 0 atom stereocenters. The Balaban J connectivity index is 1.99. The fourth-order valence-electron chi connectivity index (χ4n) is 2.49. The first-order valence-electron chi connectivity index (χ1n) is 7.36. The van der Waals surface area contributed by atoms with Crippen LogP contribution in [0.3, 0.4) is 0 Å². The average Bonchev–Trinajstić information content (AvgIpc) is 2.62. The molecular formula is C18H11Cl2O6-. The second kappa shape index (κ2) is 7.37. The highest BCUT2D eigenvalue weighted by atomic mass is 35.5. The standard InChI is InChI=1S/C18H12Cl2O6/c19-12-5-13(16(22)14(20)6-12)15(21)2-1-9-3-10(18(23)24)4-11-7-25-8-26-17(9)11/h1-6,22H,7-8H2,(H,23,24)/p-1/b2-1+. The molecule has 2 aromatic rings. The third-order valence-corrected chi connectivity index (χ3v) is 4.17. The minimum Gasteiger partial charge on any atom is -0.871 e. The fourth-order valence-corrected chi connectivity index (χ4v) is 2.99. The molecule has 1 aliphatic heterocycles. The van der Waals surface area contributed by atoms with E-state index in [1.807, 2.05) is 0 Å². The number of aromatic carboxylic acids is 1. The van der Waals surface area contributed by atoms with E-state index in [-0.39, 0.29) is 34.6 Å². The lowest BCUT2D eigenvalue weighted by atomic mass is 10.0. The maximum atomic E-state index is 12.3. The Morgan fingerprint density at radius 3 is 2.69 bits per heavy atom. The highest BCUT2D eigenvalue weighted by Crippen LogP contribution is 2.32. The van der Waals surface area contributed by atoms with Crippen molar-refractivity contribution in [2.45, 2.75) is 6.61 Å². The summed E-state index contributed by atoms with van der Waals surface area (Å²) >= 11 is 11.6. The van der Waals surface area contributed by atoms with Crippen molar-refractivity contribution in [3.63, 3.8) is 0 Å². The Hall–Kier alpha value is -2.54. The summed E-state index contributed by atoms with van der Waals surface area (Å²) in [6.45, 7) is 0.211. The molecule has 0 saturated heterocycles. The summed E-state index contributed by atoms with van der Waals surface area (Å²) in [6, 6.07) is 5.31. The highest BCUT2D eigenvalue weighted by Gasteiger charge is 2.18. The number of ether oxygens (including phenoxy) is 2. The van der Waals surface area contributed by atoms with Crippen molar-refractivity contribution in [1.82, 2.24) is 0 Å². The Kier molecular flexibility index (Phi) is 5.18. The van der Waals surface area contributed by atoms with E-state index >= 15 is 0 Å². The summed E-state index contributed by atoms with van der Waals surface area (Å²) in [6.07, 6.45) is 2.52. The predicted molar refractivity (Wildman–Crippen MR) is 93.0 cm³/mol. The number of hydrogen-bond acceptors (Lipinski definition) is 5. The molecule has 134 valence electrons. The number of hydrogen-bond donors (Lipinski definition) is 1. The van der Waals surface area contributed by atoms with E-state index in [4.69, 9.17) is 32.7 Å². The van der Waals surface area contributed by atoms with Crippen molar-refractivity contribution in [3.05, 3.63) is 62.6 Å². The van der Waals surface area contributed by atoms with Crippen LogP contribution in [0.15, 0.2) is 30.3 Å². The molecule has 0 aromatic heterocycles. The zero-order valence-electron chi connectivity index (χ0n) is 13.1. The van der Waals surface area contributed by atoms with Gasteiger partial charge in [-0.15, -0.1) is 0 Å². The molecule has 0 aliphatic carbocycles. The largest absolute Gasteiger partial charge is 0.871 e. The van der Waals surface area contributed by atoms with Gasteiger partial charge in [-0.3, -0.25) is 4.79 Å². The third-order valence-electron chi connectivity index (χ3n) is 3.67. The quantitative estimate of drug-likeness (QED) is 0.630. The highest BCUT2D eigenvalue weighted by molar-refractivity contribution is 6.36. The molecular weight excluding hydrogens is 383 g/mol. The Morgan fingerprint density at radius 2 is 1.96 bits per heavy atom. The van der Waals surface area contributed by atoms with Crippen molar-refractivity contribution in [3.8, 4) is 11.5 Å². The molecule has 1 N–H and O–H groups in total. The topological polar surface area (TPSA) is 95.9 Å². The number of rotatable bonds is 4. The van der Waals surface area contributed by atoms with E-state index in [1.165, 1.54) is 30.3 Å². The number of ketones is 1. The molecule has 0 radical (unpaired) electrons. The van der Waals surface area contributed by atoms with Crippen LogP contribution in [0.4, 0.5) is 0 Å². The molecule has 0 spiro atoms. The number of carbonyl (C=O) groups excluding carboxylic acids is 1. The predicted octanol–water partition coefficient (Wildman–Crippen LogP) is 3.53. The van der Waals surface area contributed by atoms with E-state index < -0.39 is 17.5 Å². The monoisotopic (exact) mass is 393 g/mol. The molecule has 8 heteroatoms. The molecule has 26 heavy (non-hydrogen) atoms. The number of allylic oxidation sites excluding steroid dienone is 1. The molecule has 6 nitrogen and oxygen atoms in total. The first-order valence-corrected chi connectivity index (χ1v) is 8.11. The van der Waals surface area contributed by atoms with Crippen LogP contribution in [-0.4, -0.2) is 23.7 Å². The average molecular weight is 394 g/mol. The van der Waals surface area contributed by atoms with Crippen molar-refractivity contribution in [2.24, 2.45) is 0 Å². The van der Waals surface area contributed by atoms with Crippen molar-refractivity contribution in [1.29, 1.82) is 0 Å². The molecule has 1 aliphatic rings. The number of halogens is 2. The van der Waals surface area contributed by atoms with Gasteiger partial charge in [0.1, 0.15) is 5.75 Å². The van der Waals surface area contributed by atoms with Gasteiger partial charge in [0.25, 0.3) is 0 Å². The number of carboxylic acids is 1. The summed E-state index contributed by atoms with van der Waals surface area (Å²) < 4.78 is 10.6. The minimum atomic E-state index is -1.12. The van der Waals surface area contributed by atoms with Crippen molar-refractivity contribution < 1.29 is 29.3 Å². The van der Waals surface area contributed by atoms with Gasteiger partial charge < -0.3 is 19.7 Å². The molecule has 0 saturated carbocycles. The second-order valence-electron chi connectivity index (χ2n) is 5.43. The molecule has 0 amide bonds. The van der Waals surface area contributed by atoms with Crippen molar-refractivity contribution >= 4 is 41.0 Å². The van der Waals surface area contributed by atoms with Crippen LogP contribution in [0.5, 0.6) is 11.5 Å². The van der Waals surface area contributed by atoms with Crippen molar-refractivity contribution in [2.75, 3.05) is 6.79 Å². The number of carboxylic acid groups (broad SMARTS) is 1. The van der Waals surface area contributed by atoms with Gasteiger partial charge in [0, 0.05) is 26.7 Å². The zero-order chi connectivity index (χ0) is 18.8. The Morgan fingerprint density at radius 1 is 1.19 bits per heavy atom. The number of carbonyl (C=O) groups is 2. The summed E-state index contributed by atoms with van der Waals surface area (Å²) in [5.41, 5.74) is 0.794. The number of benzene rings is 2. The van der Waals surface area contributed by atoms with E-state index in [0.717, 1.165) is 6.08 Å².